The molecule has 0 radical (unpaired) electrons. The highest BCUT2D eigenvalue weighted by molar-refractivity contribution is 5.71. The Morgan fingerprint density at radius 2 is 2.17 bits per heavy atom. The lowest BCUT2D eigenvalue weighted by atomic mass is 10.4. The molecule has 2 rings (SSSR count). The summed E-state index contributed by atoms with van der Waals surface area (Å²) in [7, 11) is 0. The topological polar surface area (TPSA) is 110 Å². The fourth-order valence-electron chi connectivity index (χ4n) is 0.959. The number of rotatable bonds is 0. The molecule has 2 heterocycles. The Bertz CT molecular complexity index is 532. The van der Waals surface area contributed by atoms with Crippen molar-refractivity contribution in [2.75, 3.05) is 5.84 Å². The van der Waals surface area contributed by atoms with Gasteiger partial charge in [0.25, 0.3) is 5.56 Å². The van der Waals surface area contributed by atoms with Crippen LogP contribution in [0.3, 0.4) is 0 Å². The van der Waals surface area contributed by atoms with Crippen molar-refractivity contribution in [3.63, 3.8) is 0 Å². The fourth-order valence-corrected chi connectivity index (χ4v) is 0.959. The lowest BCUT2D eigenvalue weighted by Gasteiger charge is -1.82. The maximum absolute atomic E-state index is 11.0. The molecule has 7 heteroatoms. The molecule has 0 saturated heterocycles. The van der Waals surface area contributed by atoms with Crippen molar-refractivity contribution in [2.45, 2.75) is 0 Å². The number of nitrogens with one attached hydrogen (secondary N) is 2. The average molecular weight is 167 g/mol. The number of hydrogen-bond donors (Lipinski definition) is 3. The Balaban J connectivity index is 3.08. The third-order valence-corrected chi connectivity index (χ3v) is 1.44. The van der Waals surface area contributed by atoms with Gasteiger partial charge in [0, 0.05) is 0 Å². The van der Waals surface area contributed by atoms with E-state index in [1.807, 2.05) is 0 Å². The van der Waals surface area contributed by atoms with E-state index >= 15 is 0 Å². The SMILES string of the molecule is Nn1cc2c(=O)[nH]c(=O)[nH]c2n1. The van der Waals surface area contributed by atoms with E-state index in [4.69, 9.17) is 5.84 Å². The third kappa shape index (κ3) is 0.797. The second kappa shape index (κ2) is 1.97. The minimum Gasteiger partial charge on any atom is -0.323 e. The Morgan fingerprint density at radius 1 is 1.42 bits per heavy atom. The lowest BCUT2D eigenvalue weighted by molar-refractivity contribution is 0.839. The van der Waals surface area contributed by atoms with Crippen LogP contribution in [0.4, 0.5) is 0 Å². The zero-order valence-corrected chi connectivity index (χ0v) is 5.87. The van der Waals surface area contributed by atoms with E-state index in [9.17, 15) is 9.59 Å². The number of nitrogen functional groups attached to an aromatic ring is 1. The van der Waals surface area contributed by atoms with Crippen LogP contribution in [0.25, 0.3) is 11.0 Å². The minimum absolute atomic E-state index is 0.186. The molecule has 0 saturated carbocycles. The van der Waals surface area contributed by atoms with E-state index in [0.717, 1.165) is 4.79 Å². The van der Waals surface area contributed by atoms with Gasteiger partial charge in [-0.2, -0.15) is 4.79 Å². The van der Waals surface area contributed by atoms with Crippen LogP contribution >= 0.6 is 0 Å². The number of nitrogens with zero attached hydrogens (tertiary/aromatic N) is 2. The van der Waals surface area contributed by atoms with Crippen LogP contribution in [0.1, 0.15) is 0 Å². The number of H-pyrrole nitrogens is 2. The van der Waals surface area contributed by atoms with Crippen molar-refractivity contribution in [3.05, 3.63) is 27.0 Å². The Labute approximate surface area is 64.8 Å². The maximum Gasteiger partial charge on any atom is 0.327 e. The van der Waals surface area contributed by atoms with E-state index in [0.29, 0.717) is 0 Å². The molecule has 0 unspecified atom stereocenters. The summed E-state index contributed by atoms with van der Waals surface area (Å²) in [4.78, 5) is 27.1. The first-order valence-electron chi connectivity index (χ1n) is 3.14. The zero-order chi connectivity index (χ0) is 8.72. The summed E-state index contributed by atoms with van der Waals surface area (Å²) in [6, 6.07) is 0. The molecule has 0 atom stereocenters. The first kappa shape index (κ1) is 6.65. The first-order chi connectivity index (χ1) is 5.66. The van der Waals surface area contributed by atoms with E-state index in [1.165, 1.54) is 6.20 Å². The lowest BCUT2D eigenvalue weighted by Crippen LogP contribution is -2.21. The predicted molar refractivity (Wildman–Crippen MR) is 41.1 cm³/mol. The summed E-state index contributed by atoms with van der Waals surface area (Å²) < 4.78 is 0. The average Bonchev–Trinajstić information content (AvgIpc) is 2.29. The Hall–Kier alpha value is -2.05. The van der Waals surface area contributed by atoms with Crippen LogP contribution in [0.2, 0.25) is 0 Å². The number of hydrogen-bond acceptors (Lipinski definition) is 4. The van der Waals surface area contributed by atoms with Gasteiger partial charge in [-0.3, -0.25) is 14.8 Å². The van der Waals surface area contributed by atoms with E-state index < -0.39 is 11.2 Å². The van der Waals surface area contributed by atoms with Crippen molar-refractivity contribution in [2.24, 2.45) is 0 Å². The number of aromatic nitrogens is 4. The Morgan fingerprint density at radius 3 is 2.92 bits per heavy atom. The second-order valence-electron chi connectivity index (χ2n) is 2.28. The fraction of sp³-hybridized carbons (Fsp3) is 0. The van der Waals surface area contributed by atoms with Gasteiger partial charge in [0.1, 0.15) is 5.39 Å². The van der Waals surface area contributed by atoms with Crippen molar-refractivity contribution in [1.82, 2.24) is 19.9 Å². The van der Waals surface area contributed by atoms with Gasteiger partial charge < -0.3 is 5.84 Å². The molecule has 0 bridgehead atoms. The van der Waals surface area contributed by atoms with Gasteiger partial charge >= 0.3 is 5.69 Å². The van der Waals surface area contributed by atoms with Crippen LogP contribution < -0.4 is 17.1 Å². The number of aromatic amines is 2. The van der Waals surface area contributed by atoms with Gasteiger partial charge in [0.05, 0.1) is 6.20 Å². The molecule has 7 nitrogen and oxygen atoms in total. The van der Waals surface area contributed by atoms with Crippen LogP contribution in [0, 0.1) is 0 Å². The van der Waals surface area contributed by atoms with E-state index in [-0.39, 0.29) is 11.0 Å². The van der Waals surface area contributed by atoms with Crippen molar-refractivity contribution >= 4 is 11.0 Å². The molecule has 12 heavy (non-hydrogen) atoms. The quantitative estimate of drug-likeness (QED) is 0.399. The van der Waals surface area contributed by atoms with Crippen molar-refractivity contribution in [1.29, 1.82) is 0 Å². The molecule has 0 aliphatic carbocycles. The molecular weight excluding hydrogens is 162 g/mol. The van der Waals surface area contributed by atoms with E-state index in [2.05, 4.69) is 15.1 Å². The number of fused-ring (bicyclic) bond motifs is 1. The van der Waals surface area contributed by atoms with Gasteiger partial charge in [-0.25, -0.2) is 4.79 Å². The molecule has 2 aromatic rings. The van der Waals surface area contributed by atoms with Gasteiger partial charge in [0.15, 0.2) is 5.65 Å². The molecule has 4 N–H and O–H groups in total. The maximum atomic E-state index is 11.0. The molecule has 0 aliphatic heterocycles. The predicted octanol–water partition coefficient (Wildman–Crippen LogP) is -1.87. The van der Waals surface area contributed by atoms with Gasteiger partial charge in [-0.05, 0) is 0 Å². The summed E-state index contributed by atoms with van der Waals surface area (Å²) in [5, 5.41) is 3.91. The van der Waals surface area contributed by atoms with Crippen LogP contribution in [0.15, 0.2) is 15.8 Å². The van der Waals surface area contributed by atoms with E-state index in [1.54, 1.807) is 0 Å². The van der Waals surface area contributed by atoms with Gasteiger partial charge in [-0.15, -0.1) is 5.10 Å². The van der Waals surface area contributed by atoms with Crippen LogP contribution in [-0.4, -0.2) is 19.9 Å². The minimum atomic E-state index is -0.591. The highest BCUT2D eigenvalue weighted by Gasteiger charge is 2.03. The second-order valence-corrected chi connectivity index (χ2v) is 2.28. The molecule has 0 aliphatic rings. The van der Waals surface area contributed by atoms with Crippen LogP contribution in [0.5, 0.6) is 0 Å². The highest BCUT2D eigenvalue weighted by Crippen LogP contribution is 1.96. The molecule has 0 amide bonds. The number of nitrogens with two attached hydrogens (primary N) is 1. The van der Waals surface area contributed by atoms with Crippen molar-refractivity contribution < 1.29 is 0 Å². The zero-order valence-electron chi connectivity index (χ0n) is 5.87. The van der Waals surface area contributed by atoms with Crippen molar-refractivity contribution in [3.8, 4) is 0 Å². The first-order valence-corrected chi connectivity index (χ1v) is 3.14. The molecule has 62 valence electrons. The monoisotopic (exact) mass is 167 g/mol. The molecule has 0 spiro atoms. The standard InChI is InChI=1S/C5H5N5O2/c6-10-1-2-3(9-10)7-5(12)8-4(2)11/h1H,6H2,(H2,7,8,9,11,12). The molecule has 0 fully saturated rings. The summed E-state index contributed by atoms with van der Waals surface area (Å²) in [6.45, 7) is 0. The molecule has 0 aromatic carbocycles. The highest BCUT2D eigenvalue weighted by atomic mass is 16.2. The van der Waals surface area contributed by atoms with Gasteiger partial charge in [-0.1, -0.05) is 0 Å². The molecular formula is C5H5N5O2. The normalized spacial score (nSPS) is 10.7. The summed E-state index contributed by atoms with van der Waals surface area (Å²) in [5.41, 5.74) is -0.900. The summed E-state index contributed by atoms with van der Waals surface area (Å²) in [5.74, 6) is 5.24. The molecule has 2 aromatic heterocycles. The largest absolute Gasteiger partial charge is 0.327 e. The smallest absolute Gasteiger partial charge is 0.323 e. The third-order valence-electron chi connectivity index (χ3n) is 1.44. The van der Waals surface area contributed by atoms with Crippen LogP contribution in [-0.2, 0) is 0 Å². The van der Waals surface area contributed by atoms with Gasteiger partial charge in [0.2, 0.25) is 0 Å². The summed E-state index contributed by atoms with van der Waals surface area (Å²) in [6.07, 6.45) is 1.32. The Kier molecular flexibility index (Phi) is 1.09. The summed E-state index contributed by atoms with van der Waals surface area (Å²) >= 11 is 0.